The van der Waals surface area contributed by atoms with Crippen LogP contribution in [0, 0.1) is 5.82 Å². The predicted molar refractivity (Wildman–Crippen MR) is 82.6 cm³/mol. The van der Waals surface area contributed by atoms with Gasteiger partial charge in [-0.25, -0.2) is 9.18 Å². The third-order valence-electron chi connectivity index (χ3n) is 3.60. The number of para-hydroxylation sites is 1. The molecule has 5 nitrogen and oxygen atoms in total. The van der Waals surface area contributed by atoms with Crippen LogP contribution in [-0.2, 0) is 0 Å². The summed E-state index contributed by atoms with van der Waals surface area (Å²) in [5, 5.41) is 11.8. The Morgan fingerprint density at radius 2 is 2.04 bits per heavy atom. The van der Waals surface area contributed by atoms with Crippen molar-refractivity contribution < 1.29 is 23.8 Å². The van der Waals surface area contributed by atoms with E-state index in [-0.39, 0.29) is 22.6 Å². The van der Waals surface area contributed by atoms with Crippen molar-refractivity contribution in [2.24, 2.45) is 0 Å². The van der Waals surface area contributed by atoms with Crippen LogP contribution in [0.3, 0.4) is 0 Å². The minimum atomic E-state index is -1.07. The first-order valence-corrected chi connectivity index (χ1v) is 7.93. The molecule has 23 heavy (non-hydrogen) atoms. The number of aromatic carboxylic acids is 1. The predicted octanol–water partition coefficient (Wildman–Crippen LogP) is 3.23. The van der Waals surface area contributed by atoms with Crippen LogP contribution in [-0.4, -0.2) is 23.6 Å². The molecule has 1 atom stereocenters. The number of carbonyl (C=O) groups is 2. The maximum absolute atomic E-state index is 13.9. The molecule has 7 heteroatoms. The molecule has 1 unspecified atom stereocenters. The topological polar surface area (TPSA) is 75.6 Å². The molecule has 1 aromatic heterocycles. The zero-order valence-corrected chi connectivity index (χ0v) is 12.9. The van der Waals surface area contributed by atoms with Crippen LogP contribution in [0.15, 0.2) is 30.3 Å². The maximum atomic E-state index is 13.9. The molecule has 0 radical (unpaired) electrons. The molecule has 3 rings (SSSR count). The smallest absolute Gasteiger partial charge is 0.345 e. The summed E-state index contributed by atoms with van der Waals surface area (Å²) in [6.07, 6.45) is 1.31. The molecular formula is C16H14FNO4S. The Morgan fingerprint density at radius 1 is 1.26 bits per heavy atom. The summed E-state index contributed by atoms with van der Waals surface area (Å²) in [5.41, 5.74) is 0.603. The van der Waals surface area contributed by atoms with Gasteiger partial charge in [0, 0.05) is 5.56 Å². The Balaban J connectivity index is 1.83. The second-order valence-electron chi connectivity index (χ2n) is 5.14. The van der Waals surface area contributed by atoms with Crippen molar-refractivity contribution >= 4 is 23.2 Å². The average molecular weight is 335 g/mol. The van der Waals surface area contributed by atoms with Crippen molar-refractivity contribution in [1.29, 1.82) is 0 Å². The van der Waals surface area contributed by atoms with E-state index in [2.05, 4.69) is 5.32 Å². The monoisotopic (exact) mass is 335 g/mol. The van der Waals surface area contributed by atoms with E-state index < -0.39 is 11.8 Å². The summed E-state index contributed by atoms with van der Waals surface area (Å²) in [6.45, 7) is 0.391. The fourth-order valence-electron chi connectivity index (χ4n) is 2.52. The van der Waals surface area contributed by atoms with Gasteiger partial charge in [-0.2, -0.15) is 0 Å². The number of rotatable bonds is 3. The number of halogens is 1. The number of benzene rings is 1. The number of carboxylic acids is 1. The van der Waals surface area contributed by atoms with Crippen molar-refractivity contribution in [2.75, 3.05) is 6.61 Å². The van der Waals surface area contributed by atoms with Crippen molar-refractivity contribution in [1.82, 2.24) is 5.32 Å². The van der Waals surface area contributed by atoms with Crippen LogP contribution in [0.2, 0.25) is 0 Å². The normalized spacial score (nSPS) is 16.8. The zero-order valence-electron chi connectivity index (χ0n) is 12.0. The fourth-order valence-corrected chi connectivity index (χ4v) is 3.27. The molecule has 2 heterocycles. The van der Waals surface area contributed by atoms with Gasteiger partial charge < -0.3 is 15.2 Å². The SMILES string of the molecule is O=C(O)c1ccc(C(=O)NC2CCCOc3c(F)cccc32)s1. The Labute approximate surface area is 135 Å². The summed E-state index contributed by atoms with van der Waals surface area (Å²) in [7, 11) is 0. The van der Waals surface area contributed by atoms with Crippen molar-refractivity contribution in [3.8, 4) is 5.75 Å². The number of fused-ring (bicyclic) bond motifs is 1. The summed E-state index contributed by atoms with van der Waals surface area (Å²) in [4.78, 5) is 23.6. The van der Waals surface area contributed by atoms with E-state index in [4.69, 9.17) is 9.84 Å². The lowest BCUT2D eigenvalue weighted by Gasteiger charge is -2.18. The number of carbonyl (C=O) groups excluding carboxylic acids is 1. The summed E-state index contributed by atoms with van der Waals surface area (Å²) >= 11 is 0.910. The first-order valence-electron chi connectivity index (χ1n) is 7.11. The molecule has 0 spiro atoms. The Hall–Kier alpha value is -2.41. The Bertz CT molecular complexity index is 758. The number of nitrogens with one attached hydrogen (secondary N) is 1. The van der Waals surface area contributed by atoms with Crippen LogP contribution >= 0.6 is 11.3 Å². The van der Waals surface area contributed by atoms with Crippen molar-refractivity contribution in [3.05, 3.63) is 51.5 Å². The minimum absolute atomic E-state index is 0.103. The zero-order chi connectivity index (χ0) is 16.4. The standard InChI is InChI=1S/C16H14FNO4S/c17-10-4-1-3-9-11(5-2-8-22-14(9)10)18-15(19)12-6-7-13(23-12)16(20)21/h1,3-4,6-7,11H,2,5,8H2,(H,18,19)(H,20,21). The van der Waals surface area contributed by atoms with Crippen LogP contribution in [0.4, 0.5) is 4.39 Å². The Morgan fingerprint density at radius 3 is 2.78 bits per heavy atom. The molecule has 1 amide bonds. The molecule has 0 fully saturated rings. The van der Waals surface area contributed by atoms with Crippen LogP contribution in [0.25, 0.3) is 0 Å². The highest BCUT2D eigenvalue weighted by Crippen LogP contribution is 2.33. The number of ether oxygens (including phenoxy) is 1. The van der Waals surface area contributed by atoms with Crippen LogP contribution < -0.4 is 10.1 Å². The van der Waals surface area contributed by atoms with E-state index in [1.807, 2.05) is 0 Å². The molecule has 0 aliphatic carbocycles. The third kappa shape index (κ3) is 3.19. The highest BCUT2D eigenvalue weighted by Gasteiger charge is 2.24. The van der Waals surface area contributed by atoms with E-state index in [0.29, 0.717) is 29.9 Å². The lowest BCUT2D eigenvalue weighted by Crippen LogP contribution is -2.27. The molecule has 2 N–H and O–H groups in total. The van der Waals surface area contributed by atoms with E-state index >= 15 is 0 Å². The van der Waals surface area contributed by atoms with Gasteiger partial charge in [-0.1, -0.05) is 12.1 Å². The Kier molecular flexibility index (Phi) is 4.29. The fraction of sp³-hybridized carbons (Fsp3) is 0.250. The molecule has 1 aromatic carbocycles. The molecule has 2 aromatic rings. The van der Waals surface area contributed by atoms with E-state index in [9.17, 15) is 14.0 Å². The second-order valence-corrected chi connectivity index (χ2v) is 6.23. The van der Waals surface area contributed by atoms with Gasteiger partial charge in [0.1, 0.15) is 4.88 Å². The molecule has 0 saturated heterocycles. The third-order valence-corrected chi connectivity index (χ3v) is 4.67. The summed E-state index contributed by atoms with van der Waals surface area (Å²) < 4.78 is 19.3. The molecule has 0 saturated carbocycles. The first-order chi connectivity index (χ1) is 11.1. The largest absolute Gasteiger partial charge is 0.490 e. The highest BCUT2D eigenvalue weighted by molar-refractivity contribution is 7.15. The first kappa shape index (κ1) is 15.5. The maximum Gasteiger partial charge on any atom is 0.345 e. The number of carboxylic acid groups (broad SMARTS) is 1. The van der Waals surface area contributed by atoms with Gasteiger partial charge in [-0.3, -0.25) is 4.79 Å². The van der Waals surface area contributed by atoms with Crippen molar-refractivity contribution in [2.45, 2.75) is 18.9 Å². The highest BCUT2D eigenvalue weighted by atomic mass is 32.1. The van der Waals surface area contributed by atoms with Gasteiger partial charge in [-0.05, 0) is 31.0 Å². The molecule has 1 aliphatic heterocycles. The lowest BCUT2D eigenvalue weighted by molar-refractivity contribution is 0.0702. The molecular weight excluding hydrogens is 321 g/mol. The number of amides is 1. The number of hydrogen-bond donors (Lipinski definition) is 2. The van der Waals surface area contributed by atoms with Crippen molar-refractivity contribution in [3.63, 3.8) is 0 Å². The number of hydrogen-bond acceptors (Lipinski definition) is 4. The minimum Gasteiger partial charge on any atom is -0.490 e. The summed E-state index contributed by atoms with van der Waals surface area (Å²) in [5.74, 6) is -1.71. The van der Waals surface area contributed by atoms with Gasteiger partial charge >= 0.3 is 5.97 Å². The molecule has 0 bridgehead atoms. The number of thiophene rings is 1. The molecule has 120 valence electrons. The van der Waals surface area contributed by atoms with Crippen LogP contribution in [0.1, 0.15) is 43.8 Å². The quantitative estimate of drug-likeness (QED) is 0.903. The van der Waals surface area contributed by atoms with E-state index in [0.717, 1.165) is 11.3 Å². The summed E-state index contributed by atoms with van der Waals surface area (Å²) in [6, 6.07) is 7.13. The second kappa shape index (κ2) is 6.37. The van der Waals surface area contributed by atoms with E-state index in [1.165, 1.54) is 18.2 Å². The average Bonchev–Trinajstić information content (AvgIpc) is 2.93. The van der Waals surface area contributed by atoms with Gasteiger partial charge in [0.25, 0.3) is 5.91 Å². The van der Waals surface area contributed by atoms with Gasteiger partial charge in [0.2, 0.25) is 0 Å². The van der Waals surface area contributed by atoms with Gasteiger partial charge in [-0.15, -0.1) is 11.3 Å². The van der Waals surface area contributed by atoms with E-state index in [1.54, 1.807) is 12.1 Å². The molecule has 1 aliphatic rings. The van der Waals surface area contributed by atoms with Crippen LogP contribution in [0.5, 0.6) is 5.75 Å². The van der Waals surface area contributed by atoms with Gasteiger partial charge in [0.15, 0.2) is 11.6 Å². The van der Waals surface area contributed by atoms with Gasteiger partial charge in [0.05, 0.1) is 17.5 Å². The lowest BCUT2D eigenvalue weighted by atomic mass is 10.0.